The Morgan fingerprint density at radius 3 is 2.41 bits per heavy atom. The summed E-state index contributed by atoms with van der Waals surface area (Å²) in [5.74, 6) is -1.62. The van der Waals surface area contributed by atoms with E-state index in [1.54, 1.807) is 6.92 Å². The largest absolute Gasteiger partial charge is 0.496 e. The number of fused-ring (bicyclic) bond motifs is 1. The molecule has 1 aliphatic heterocycles. The molecule has 1 heterocycles. The van der Waals surface area contributed by atoms with Gasteiger partial charge in [-0.15, -0.1) is 0 Å². The number of ether oxygens (including phenoxy) is 4. The van der Waals surface area contributed by atoms with Crippen LogP contribution >= 0.6 is 0 Å². The first-order valence-electron chi connectivity index (χ1n) is 10.3. The minimum Gasteiger partial charge on any atom is -0.496 e. The Kier molecular flexibility index (Phi) is 8.03. The van der Waals surface area contributed by atoms with Crippen LogP contribution in [0.4, 0.5) is 13.2 Å². The van der Waals surface area contributed by atoms with Crippen LogP contribution in [-0.2, 0) is 27.3 Å². The summed E-state index contributed by atoms with van der Waals surface area (Å²) in [7, 11) is -0.0932. The summed E-state index contributed by atoms with van der Waals surface area (Å²) in [5.41, 5.74) is 0.203. The zero-order valence-electron chi connectivity index (χ0n) is 19.2. The molecular formula is C22H29F3O6Si. The van der Waals surface area contributed by atoms with E-state index in [2.05, 4.69) is 24.4 Å². The molecular weight excluding hydrogens is 445 g/mol. The molecule has 10 heteroatoms. The Morgan fingerprint density at radius 2 is 1.88 bits per heavy atom. The number of hydrogen-bond donors (Lipinski definition) is 0. The summed E-state index contributed by atoms with van der Waals surface area (Å²) in [4.78, 5) is 24.3. The molecule has 0 fully saturated rings. The lowest BCUT2D eigenvalue weighted by Crippen LogP contribution is -2.23. The fourth-order valence-corrected chi connectivity index (χ4v) is 4.07. The van der Waals surface area contributed by atoms with Gasteiger partial charge in [0.15, 0.2) is 0 Å². The number of carbonyl (C=O) groups is 2. The maximum absolute atomic E-state index is 13.5. The molecule has 0 amide bonds. The molecule has 0 aromatic heterocycles. The van der Waals surface area contributed by atoms with Gasteiger partial charge in [-0.1, -0.05) is 25.7 Å². The van der Waals surface area contributed by atoms with Crippen molar-refractivity contribution in [2.45, 2.75) is 58.7 Å². The highest BCUT2D eigenvalue weighted by molar-refractivity contribution is 6.76. The van der Waals surface area contributed by atoms with E-state index in [-0.39, 0.29) is 36.5 Å². The van der Waals surface area contributed by atoms with Crippen molar-refractivity contribution in [3.63, 3.8) is 0 Å². The van der Waals surface area contributed by atoms with Gasteiger partial charge in [-0.2, -0.15) is 13.2 Å². The number of alkyl halides is 3. The van der Waals surface area contributed by atoms with Gasteiger partial charge in [0, 0.05) is 19.2 Å². The van der Waals surface area contributed by atoms with Crippen LogP contribution in [0.3, 0.4) is 0 Å². The second kappa shape index (κ2) is 9.97. The summed E-state index contributed by atoms with van der Waals surface area (Å²) in [6.45, 7) is 9.74. The minimum absolute atomic E-state index is 0.0352. The Labute approximate surface area is 186 Å². The summed E-state index contributed by atoms with van der Waals surface area (Å²) in [6.07, 6.45) is -4.50. The van der Waals surface area contributed by atoms with Crippen molar-refractivity contribution in [1.82, 2.24) is 0 Å². The number of cyclic esters (lactones) is 1. The molecule has 6 nitrogen and oxygen atoms in total. The first kappa shape index (κ1) is 25.8. The van der Waals surface area contributed by atoms with Gasteiger partial charge >= 0.3 is 18.1 Å². The van der Waals surface area contributed by atoms with E-state index in [0.717, 1.165) is 12.1 Å². The molecule has 0 saturated carbocycles. The van der Waals surface area contributed by atoms with Gasteiger partial charge in [0.25, 0.3) is 0 Å². The minimum atomic E-state index is -4.90. The zero-order chi connectivity index (χ0) is 24.3. The maximum Gasteiger partial charge on any atom is 0.423 e. The number of allylic oxidation sites excluding steroid dienone is 1. The molecule has 0 atom stereocenters. The van der Waals surface area contributed by atoms with Crippen LogP contribution < -0.4 is 9.47 Å². The molecule has 1 aromatic rings. The van der Waals surface area contributed by atoms with Crippen LogP contribution in [0.25, 0.3) is 0 Å². The van der Waals surface area contributed by atoms with E-state index in [4.69, 9.17) is 14.2 Å². The predicted molar refractivity (Wildman–Crippen MR) is 115 cm³/mol. The number of esters is 2. The molecule has 0 aliphatic carbocycles. The third-order valence-corrected chi connectivity index (χ3v) is 6.74. The van der Waals surface area contributed by atoms with Gasteiger partial charge in [-0.25, -0.2) is 9.59 Å². The van der Waals surface area contributed by atoms with Gasteiger partial charge in [-0.3, -0.25) is 0 Å². The van der Waals surface area contributed by atoms with Crippen molar-refractivity contribution in [1.29, 1.82) is 0 Å². The maximum atomic E-state index is 13.5. The second-order valence-electron chi connectivity index (χ2n) is 8.59. The summed E-state index contributed by atoms with van der Waals surface area (Å²) < 4.78 is 61.6. The summed E-state index contributed by atoms with van der Waals surface area (Å²) in [6, 6.07) is 0.777. The van der Waals surface area contributed by atoms with Crippen LogP contribution in [0.5, 0.6) is 11.5 Å². The van der Waals surface area contributed by atoms with E-state index >= 15 is 0 Å². The van der Waals surface area contributed by atoms with Gasteiger partial charge in [-0.05, 0) is 31.9 Å². The Hall–Kier alpha value is -2.49. The van der Waals surface area contributed by atoms with Crippen molar-refractivity contribution in [2.75, 3.05) is 20.3 Å². The second-order valence-corrected chi connectivity index (χ2v) is 14.2. The van der Waals surface area contributed by atoms with E-state index in [1.165, 1.54) is 14.0 Å². The lowest BCUT2D eigenvalue weighted by molar-refractivity contribution is -0.150. The van der Waals surface area contributed by atoms with Crippen molar-refractivity contribution >= 4 is 20.0 Å². The number of methoxy groups -OCH3 is 1. The number of rotatable bonds is 9. The lowest BCUT2D eigenvalue weighted by Gasteiger charge is -2.21. The molecule has 1 aromatic carbocycles. The monoisotopic (exact) mass is 474 g/mol. The highest BCUT2D eigenvalue weighted by atomic mass is 28.3. The smallest absolute Gasteiger partial charge is 0.423 e. The topological polar surface area (TPSA) is 71.1 Å². The van der Waals surface area contributed by atoms with Crippen LogP contribution in [-0.4, -0.2) is 46.5 Å². The molecule has 1 aliphatic rings. The molecule has 178 valence electrons. The van der Waals surface area contributed by atoms with E-state index < -0.39 is 31.8 Å². The zero-order valence-corrected chi connectivity index (χ0v) is 20.2. The molecule has 0 N–H and O–H groups in total. The molecule has 0 spiro atoms. The third-order valence-electron chi connectivity index (χ3n) is 5.04. The Balaban J connectivity index is 2.61. The third kappa shape index (κ3) is 5.84. The molecule has 0 unspecified atom stereocenters. The predicted octanol–water partition coefficient (Wildman–Crippen LogP) is 4.99. The van der Waals surface area contributed by atoms with Crippen molar-refractivity contribution in [2.24, 2.45) is 0 Å². The summed E-state index contributed by atoms with van der Waals surface area (Å²) in [5, 5.41) is 0. The lowest BCUT2D eigenvalue weighted by atomic mass is 9.94. The SMILES string of the molecule is CCOC(=O)C(=CCc1c(OC)c(C)c2c(c1OCC[Si](C)(C)C)C(=O)OC2)C(F)(F)F. The fraction of sp³-hybridized carbons (Fsp3) is 0.545. The van der Waals surface area contributed by atoms with Gasteiger partial charge < -0.3 is 18.9 Å². The quantitative estimate of drug-likeness (QED) is 0.285. The Bertz CT molecular complexity index is 916. The molecule has 0 radical (unpaired) electrons. The number of halogens is 3. The number of hydrogen-bond acceptors (Lipinski definition) is 6. The average Bonchev–Trinajstić information content (AvgIpc) is 3.04. The van der Waals surface area contributed by atoms with E-state index in [0.29, 0.717) is 23.5 Å². The Morgan fingerprint density at radius 1 is 1.22 bits per heavy atom. The summed E-state index contributed by atoms with van der Waals surface area (Å²) >= 11 is 0. The highest BCUT2D eigenvalue weighted by Gasteiger charge is 2.40. The molecule has 2 rings (SSSR count). The first-order valence-corrected chi connectivity index (χ1v) is 14.0. The van der Waals surface area contributed by atoms with E-state index in [1.807, 2.05) is 0 Å². The van der Waals surface area contributed by atoms with Gasteiger partial charge in [0.1, 0.15) is 29.2 Å². The molecule has 0 saturated heterocycles. The van der Waals surface area contributed by atoms with Crippen molar-refractivity contribution < 1.29 is 41.7 Å². The number of carbonyl (C=O) groups excluding carboxylic acids is 2. The van der Waals surface area contributed by atoms with Crippen LogP contribution in [0.15, 0.2) is 11.6 Å². The van der Waals surface area contributed by atoms with Crippen LogP contribution in [0.2, 0.25) is 25.7 Å². The van der Waals surface area contributed by atoms with Gasteiger partial charge in [0.2, 0.25) is 0 Å². The first-order chi connectivity index (χ1) is 14.8. The van der Waals surface area contributed by atoms with Crippen molar-refractivity contribution in [3.8, 4) is 11.5 Å². The van der Waals surface area contributed by atoms with Gasteiger partial charge in [0.05, 0.1) is 20.3 Å². The molecule has 32 heavy (non-hydrogen) atoms. The van der Waals surface area contributed by atoms with Crippen molar-refractivity contribution in [3.05, 3.63) is 33.9 Å². The number of benzene rings is 1. The van der Waals surface area contributed by atoms with E-state index in [9.17, 15) is 22.8 Å². The van der Waals surface area contributed by atoms with Crippen LogP contribution in [0, 0.1) is 6.92 Å². The highest BCUT2D eigenvalue weighted by Crippen LogP contribution is 2.43. The molecule has 0 bridgehead atoms. The normalized spacial score (nSPS) is 14.2. The average molecular weight is 475 g/mol. The standard InChI is InChI=1S/C22H29F3O6Si/c1-7-29-20(26)16(22(23,24)25)9-8-14-18(28-3)13(2)15-12-31-21(27)17(15)19(14)30-10-11-32(4,5)6/h9H,7-8,10-12H2,1-6H3. The van der Waals surface area contributed by atoms with Crippen LogP contribution in [0.1, 0.15) is 34.0 Å². The fourth-order valence-electron chi connectivity index (χ4n) is 3.36.